The number of nitrogens with zero attached hydrogens (tertiary/aromatic N) is 3. The number of sulfonamides is 1. The van der Waals surface area contributed by atoms with Gasteiger partial charge in [-0.05, 0) is 62.6 Å². The van der Waals surface area contributed by atoms with Gasteiger partial charge in [0.15, 0.2) is 0 Å². The fraction of sp³-hybridized carbons (Fsp3) is 0.333. The van der Waals surface area contributed by atoms with E-state index < -0.39 is 22.0 Å². The number of carbonyl (C=O) groups is 2. The molecule has 3 aromatic rings. The van der Waals surface area contributed by atoms with Crippen molar-refractivity contribution >= 4 is 38.9 Å². The first-order valence-electron chi connectivity index (χ1n) is 13.2. The molecule has 204 valence electrons. The molecule has 0 bridgehead atoms. The molecule has 3 aromatic carbocycles. The molecule has 2 heterocycles. The highest BCUT2D eigenvalue weighted by Gasteiger charge is 2.43. The first-order valence-corrected chi connectivity index (χ1v) is 14.6. The number of hydrogen-bond donors (Lipinski definition) is 1. The fourth-order valence-electron chi connectivity index (χ4n) is 5.82. The van der Waals surface area contributed by atoms with E-state index in [1.807, 2.05) is 31.2 Å². The van der Waals surface area contributed by atoms with Gasteiger partial charge in [0.25, 0.3) is 10.0 Å². The number of benzene rings is 3. The van der Waals surface area contributed by atoms with Crippen molar-refractivity contribution in [1.82, 2.24) is 4.90 Å². The Morgan fingerprint density at radius 3 is 2.08 bits per heavy atom. The van der Waals surface area contributed by atoms with Crippen molar-refractivity contribution in [3.63, 3.8) is 0 Å². The lowest BCUT2D eigenvalue weighted by atomic mass is 10.1. The van der Waals surface area contributed by atoms with Gasteiger partial charge >= 0.3 is 0 Å². The molecule has 0 aliphatic carbocycles. The van der Waals surface area contributed by atoms with E-state index in [0.717, 1.165) is 15.6 Å². The van der Waals surface area contributed by atoms with Crippen LogP contribution in [0.1, 0.15) is 28.7 Å². The van der Waals surface area contributed by atoms with Crippen molar-refractivity contribution in [2.75, 3.05) is 40.7 Å². The van der Waals surface area contributed by atoms with Gasteiger partial charge < -0.3 is 15.1 Å². The van der Waals surface area contributed by atoms with Crippen molar-refractivity contribution in [1.29, 1.82) is 0 Å². The summed E-state index contributed by atoms with van der Waals surface area (Å²) in [5, 5.41) is 2.82. The zero-order chi connectivity index (χ0) is 27.9. The maximum absolute atomic E-state index is 14.3. The number of nitrogens with one attached hydrogen (secondary N) is 1. The molecule has 39 heavy (non-hydrogen) atoms. The largest absolute Gasteiger partial charge is 0.368 e. The van der Waals surface area contributed by atoms with E-state index in [1.165, 1.54) is 5.56 Å². The second kappa shape index (κ2) is 10.4. The maximum atomic E-state index is 14.3. The average Bonchev–Trinajstić information content (AvgIpc) is 2.88. The lowest BCUT2D eigenvalue weighted by molar-refractivity contribution is -0.133. The minimum Gasteiger partial charge on any atom is -0.368 e. The topological polar surface area (TPSA) is 90.0 Å². The SMILES string of the molecule is Cc1cc(C)c(S(=O)(=O)N2c3ccccc3NC(=O)C2CC(=O)N2CCN(c3ccccc3C)CC2)c(C)c1. The number of amides is 2. The van der Waals surface area contributed by atoms with E-state index in [0.29, 0.717) is 48.7 Å². The predicted octanol–water partition coefficient (Wildman–Crippen LogP) is 4.18. The van der Waals surface area contributed by atoms with Crippen LogP contribution in [-0.2, 0) is 19.6 Å². The minimum atomic E-state index is -4.17. The van der Waals surface area contributed by atoms with Gasteiger partial charge in [-0.1, -0.05) is 48.0 Å². The van der Waals surface area contributed by atoms with E-state index in [4.69, 9.17) is 0 Å². The highest BCUT2D eigenvalue weighted by molar-refractivity contribution is 7.93. The van der Waals surface area contributed by atoms with E-state index in [2.05, 4.69) is 29.3 Å². The molecule has 0 aromatic heterocycles. The van der Waals surface area contributed by atoms with Crippen LogP contribution in [0.3, 0.4) is 0 Å². The van der Waals surface area contributed by atoms with E-state index >= 15 is 0 Å². The first kappa shape index (κ1) is 26.7. The van der Waals surface area contributed by atoms with Gasteiger partial charge in [0, 0.05) is 31.9 Å². The standard InChI is InChI=1S/C30H34N4O4S/c1-20-17-22(3)29(23(4)18-20)39(37,38)34-26-12-8-6-10-24(26)31-30(36)27(34)19-28(35)33-15-13-32(14-16-33)25-11-7-5-9-21(25)2/h5-12,17-18,27H,13-16,19H2,1-4H3,(H,31,36). The Balaban J connectivity index is 1.44. The summed E-state index contributed by atoms with van der Waals surface area (Å²) in [4.78, 5) is 31.0. The van der Waals surface area contributed by atoms with Crippen LogP contribution in [0.15, 0.2) is 65.6 Å². The summed E-state index contributed by atoms with van der Waals surface area (Å²) in [5.74, 6) is -0.747. The first-order chi connectivity index (χ1) is 18.6. The summed E-state index contributed by atoms with van der Waals surface area (Å²) >= 11 is 0. The zero-order valence-corrected chi connectivity index (χ0v) is 23.6. The van der Waals surface area contributed by atoms with Crippen LogP contribution in [0.2, 0.25) is 0 Å². The van der Waals surface area contributed by atoms with Crippen LogP contribution in [0, 0.1) is 27.7 Å². The number of hydrogen-bond acceptors (Lipinski definition) is 5. The number of rotatable bonds is 5. The molecule has 0 spiro atoms. The van der Waals surface area contributed by atoms with Gasteiger partial charge in [0.2, 0.25) is 11.8 Å². The van der Waals surface area contributed by atoms with Crippen LogP contribution in [0.25, 0.3) is 0 Å². The van der Waals surface area contributed by atoms with Gasteiger partial charge in [-0.2, -0.15) is 0 Å². The van der Waals surface area contributed by atoms with Crippen molar-refractivity contribution < 1.29 is 18.0 Å². The molecule has 1 fully saturated rings. The third-order valence-electron chi connectivity index (χ3n) is 7.56. The van der Waals surface area contributed by atoms with Crippen molar-refractivity contribution in [3.8, 4) is 0 Å². The molecule has 1 N–H and O–H groups in total. The quantitative estimate of drug-likeness (QED) is 0.519. The number of piperazine rings is 1. The minimum absolute atomic E-state index is 0.168. The second-order valence-corrected chi connectivity index (χ2v) is 12.2. The van der Waals surface area contributed by atoms with Gasteiger partial charge in [-0.25, -0.2) is 8.42 Å². The van der Waals surface area contributed by atoms with E-state index in [1.54, 1.807) is 43.0 Å². The fourth-order valence-corrected chi connectivity index (χ4v) is 7.87. The zero-order valence-electron chi connectivity index (χ0n) is 22.8. The van der Waals surface area contributed by atoms with Gasteiger partial charge in [-0.3, -0.25) is 13.9 Å². The summed E-state index contributed by atoms with van der Waals surface area (Å²) in [5.41, 5.74) is 5.26. The molecule has 0 saturated carbocycles. The third kappa shape index (κ3) is 4.98. The lowest BCUT2D eigenvalue weighted by Gasteiger charge is -2.40. The monoisotopic (exact) mass is 546 g/mol. The molecule has 2 aliphatic rings. The van der Waals surface area contributed by atoms with Crippen LogP contribution < -0.4 is 14.5 Å². The molecule has 1 saturated heterocycles. The Hall–Kier alpha value is -3.85. The van der Waals surface area contributed by atoms with Crippen molar-refractivity contribution in [3.05, 3.63) is 82.9 Å². The average molecular weight is 547 g/mol. The van der Waals surface area contributed by atoms with Crippen LogP contribution in [-0.4, -0.2) is 57.4 Å². The molecule has 0 radical (unpaired) electrons. The van der Waals surface area contributed by atoms with Gasteiger partial charge in [0.05, 0.1) is 22.7 Å². The van der Waals surface area contributed by atoms with E-state index in [-0.39, 0.29) is 17.2 Å². The molecule has 1 atom stereocenters. The van der Waals surface area contributed by atoms with Gasteiger partial charge in [0.1, 0.15) is 6.04 Å². The normalized spacial score (nSPS) is 17.6. The maximum Gasteiger partial charge on any atom is 0.265 e. The highest BCUT2D eigenvalue weighted by Crippen LogP contribution is 2.39. The Labute approximate surface area is 230 Å². The molecule has 8 nitrogen and oxygen atoms in total. The van der Waals surface area contributed by atoms with Crippen molar-refractivity contribution in [2.24, 2.45) is 0 Å². The van der Waals surface area contributed by atoms with Gasteiger partial charge in [-0.15, -0.1) is 0 Å². The summed E-state index contributed by atoms with van der Waals surface area (Å²) in [6.07, 6.45) is -0.242. The summed E-state index contributed by atoms with van der Waals surface area (Å²) in [6, 6.07) is 17.4. The molecule has 2 amide bonds. The van der Waals surface area contributed by atoms with Crippen LogP contribution >= 0.6 is 0 Å². The number of carbonyl (C=O) groups excluding carboxylic acids is 2. The Morgan fingerprint density at radius 1 is 0.846 bits per heavy atom. The Kier molecular flexibility index (Phi) is 7.11. The number of anilines is 3. The molecular weight excluding hydrogens is 512 g/mol. The predicted molar refractivity (Wildman–Crippen MR) is 154 cm³/mol. The molecule has 1 unspecified atom stereocenters. The summed E-state index contributed by atoms with van der Waals surface area (Å²) < 4.78 is 29.7. The Bertz CT molecular complexity index is 1520. The van der Waals surface area contributed by atoms with Crippen molar-refractivity contribution in [2.45, 2.75) is 45.1 Å². The molecule has 2 aliphatic heterocycles. The van der Waals surface area contributed by atoms with Crippen LogP contribution in [0.5, 0.6) is 0 Å². The number of fused-ring (bicyclic) bond motifs is 1. The second-order valence-electron chi connectivity index (χ2n) is 10.4. The van der Waals surface area contributed by atoms with E-state index in [9.17, 15) is 18.0 Å². The van der Waals surface area contributed by atoms with Crippen LogP contribution in [0.4, 0.5) is 17.1 Å². The number of para-hydroxylation sites is 3. The Morgan fingerprint density at radius 2 is 1.44 bits per heavy atom. The lowest BCUT2D eigenvalue weighted by Crippen LogP contribution is -2.55. The third-order valence-corrected chi connectivity index (χ3v) is 9.69. The molecule has 9 heteroatoms. The smallest absolute Gasteiger partial charge is 0.265 e. The molecular formula is C30H34N4O4S. The summed E-state index contributed by atoms with van der Waals surface area (Å²) in [7, 11) is -4.17. The highest BCUT2D eigenvalue weighted by atomic mass is 32.2. The number of aryl methyl sites for hydroxylation is 4. The molecule has 5 rings (SSSR count). The summed E-state index contributed by atoms with van der Waals surface area (Å²) in [6.45, 7) is 9.84.